The number of hydrogen-bond donors (Lipinski definition) is 1. The Labute approximate surface area is 70.6 Å². The van der Waals surface area contributed by atoms with E-state index in [-0.39, 0.29) is 0 Å². The Morgan fingerprint density at radius 3 is 2.64 bits per heavy atom. The molecule has 1 fully saturated rings. The molecule has 66 valence electrons. The maximum Gasteiger partial charge on any atom is -0.00462 e. The average molecular weight is 155 g/mol. The van der Waals surface area contributed by atoms with E-state index in [1.54, 1.807) is 0 Å². The second kappa shape index (κ2) is 4.76. The minimum absolute atomic E-state index is 0.884. The third-order valence-electron chi connectivity index (χ3n) is 2.81. The molecular weight excluding hydrogens is 134 g/mol. The van der Waals surface area contributed by atoms with Gasteiger partial charge in [-0.2, -0.15) is 0 Å². The lowest BCUT2D eigenvalue weighted by molar-refractivity contribution is 0.305. The molecule has 1 unspecified atom stereocenters. The molecule has 1 rings (SSSR count). The van der Waals surface area contributed by atoms with Crippen LogP contribution in [0.1, 0.15) is 39.5 Å². The minimum atomic E-state index is 0.884. The predicted molar refractivity (Wildman–Crippen MR) is 49.7 cm³/mol. The summed E-state index contributed by atoms with van der Waals surface area (Å²) in [4.78, 5) is 0. The summed E-state index contributed by atoms with van der Waals surface area (Å²) < 4.78 is 0. The largest absolute Gasteiger partial charge is 0.317 e. The summed E-state index contributed by atoms with van der Waals surface area (Å²) in [5, 5.41) is 3.47. The van der Waals surface area contributed by atoms with Gasteiger partial charge in [0.15, 0.2) is 0 Å². The highest BCUT2D eigenvalue weighted by Crippen LogP contribution is 2.22. The number of rotatable bonds is 1. The summed E-state index contributed by atoms with van der Waals surface area (Å²) in [6.45, 7) is 7.19. The molecule has 1 atom stereocenters. The summed E-state index contributed by atoms with van der Waals surface area (Å²) in [5.41, 5.74) is 0. The second-order valence-electron chi connectivity index (χ2n) is 4.04. The molecule has 0 aromatic rings. The van der Waals surface area contributed by atoms with Gasteiger partial charge in [-0.05, 0) is 37.8 Å². The van der Waals surface area contributed by atoms with Crippen LogP contribution in [0, 0.1) is 11.8 Å². The van der Waals surface area contributed by atoms with Crippen molar-refractivity contribution in [1.29, 1.82) is 0 Å². The number of hydrogen-bond acceptors (Lipinski definition) is 1. The van der Waals surface area contributed by atoms with Gasteiger partial charge in [-0.25, -0.2) is 0 Å². The molecule has 0 spiro atoms. The van der Waals surface area contributed by atoms with Gasteiger partial charge in [0.1, 0.15) is 0 Å². The summed E-state index contributed by atoms with van der Waals surface area (Å²) >= 11 is 0. The van der Waals surface area contributed by atoms with Gasteiger partial charge in [-0.3, -0.25) is 0 Å². The van der Waals surface area contributed by atoms with E-state index < -0.39 is 0 Å². The van der Waals surface area contributed by atoms with E-state index in [1.165, 1.54) is 38.8 Å². The maximum absolute atomic E-state index is 3.47. The fraction of sp³-hybridized carbons (Fsp3) is 1.00. The van der Waals surface area contributed by atoms with E-state index in [4.69, 9.17) is 0 Å². The summed E-state index contributed by atoms with van der Waals surface area (Å²) in [5.74, 6) is 1.86. The van der Waals surface area contributed by atoms with Crippen LogP contribution in [0.3, 0.4) is 0 Å². The summed E-state index contributed by atoms with van der Waals surface area (Å²) in [7, 11) is 0. The molecule has 0 aromatic carbocycles. The van der Waals surface area contributed by atoms with Crippen molar-refractivity contribution in [3.8, 4) is 0 Å². The van der Waals surface area contributed by atoms with Crippen LogP contribution in [0.4, 0.5) is 0 Å². The molecule has 1 N–H and O–H groups in total. The van der Waals surface area contributed by atoms with E-state index in [1.807, 2.05) is 0 Å². The second-order valence-corrected chi connectivity index (χ2v) is 4.04. The third kappa shape index (κ3) is 3.24. The van der Waals surface area contributed by atoms with Crippen LogP contribution >= 0.6 is 0 Å². The zero-order valence-electron chi connectivity index (χ0n) is 7.90. The van der Waals surface area contributed by atoms with E-state index in [0.717, 1.165) is 11.8 Å². The van der Waals surface area contributed by atoms with Crippen molar-refractivity contribution < 1.29 is 0 Å². The first-order chi connectivity index (χ1) is 5.30. The van der Waals surface area contributed by atoms with Crippen LogP contribution in [-0.2, 0) is 0 Å². The van der Waals surface area contributed by atoms with Crippen molar-refractivity contribution in [1.82, 2.24) is 5.32 Å². The van der Waals surface area contributed by atoms with Crippen molar-refractivity contribution in [3.63, 3.8) is 0 Å². The lowest BCUT2D eigenvalue weighted by atomic mass is 9.87. The standard InChI is InChI=1S/C10H21N/c1-9(2)10-5-3-4-7-11-8-6-10/h9-11H,3-8H2,1-2H3. The van der Waals surface area contributed by atoms with Gasteiger partial charge < -0.3 is 5.32 Å². The van der Waals surface area contributed by atoms with Crippen LogP contribution in [0.15, 0.2) is 0 Å². The Bertz CT molecular complexity index is 91.0. The Kier molecular flexibility index (Phi) is 3.92. The Hall–Kier alpha value is -0.0400. The van der Waals surface area contributed by atoms with E-state index in [0.29, 0.717) is 0 Å². The van der Waals surface area contributed by atoms with Gasteiger partial charge in [0.05, 0.1) is 0 Å². The topological polar surface area (TPSA) is 12.0 Å². The van der Waals surface area contributed by atoms with Crippen molar-refractivity contribution in [3.05, 3.63) is 0 Å². The molecule has 11 heavy (non-hydrogen) atoms. The fourth-order valence-corrected chi connectivity index (χ4v) is 1.88. The van der Waals surface area contributed by atoms with Crippen LogP contribution in [-0.4, -0.2) is 13.1 Å². The molecule has 0 aromatic heterocycles. The van der Waals surface area contributed by atoms with Gasteiger partial charge in [-0.15, -0.1) is 0 Å². The van der Waals surface area contributed by atoms with E-state index >= 15 is 0 Å². The molecule has 0 amide bonds. The van der Waals surface area contributed by atoms with Gasteiger partial charge in [0.2, 0.25) is 0 Å². The quantitative estimate of drug-likeness (QED) is 0.613. The zero-order valence-corrected chi connectivity index (χ0v) is 7.90. The van der Waals surface area contributed by atoms with Crippen LogP contribution in [0.25, 0.3) is 0 Å². The Morgan fingerprint density at radius 2 is 1.91 bits per heavy atom. The minimum Gasteiger partial charge on any atom is -0.317 e. The van der Waals surface area contributed by atoms with Gasteiger partial charge in [0, 0.05) is 0 Å². The molecule has 1 nitrogen and oxygen atoms in total. The van der Waals surface area contributed by atoms with E-state index in [2.05, 4.69) is 19.2 Å². The SMILES string of the molecule is CC(C)C1CCCCNCC1. The summed E-state index contributed by atoms with van der Waals surface area (Å²) in [6, 6.07) is 0. The normalized spacial score (nSPS) is 28.1. The monoisotopic (exact) mass is 155 g/mol. The molecule has 0 saturated carbocycles. The first-order valence-electron chi connectivity index (χ1n) is 5.01. The molecule has 1 aliphatic rings. The van der Waals surface area contributed by atoms with Crippen molar-refractivity contribution in [2.75, 3.05) is 13.1 Å². The highest BCUT2D eigenvalue weighted by atomic mass is 14.8. The van der Waals surface area contributed by atoms with Crippen LogP contribution < -0.4 is 5.32 Å². The molecule has 1 saturated heterocycles. The molecule has 1 heterocycles. The molecule has 0 radical (unpaired) electrons. The van der Waals surface area contributed by atoms with Crippen LogP contribution in [0.5, 0.6) is 0 Å². The maximum atomic E-state index is 3.47. The smallest absolute Gasteiger partial charge is 0.00462 e. The van der Waals surface area contributed by atoms with Gasteiger partial charge >= 0.3 is 0 Å². The lowest BCUT2D eigenvalue weighted by Crippen LogP contribution is -2.24. The van der Waals surface area contributed by atoms with Gasteiger partial charge in [0.25, 0.3) is 0 Å². The molecule has 1 heteroatoms. The van der Waals surface area contributed by atoms with Gasteiger partial charge in [-0.1, -0.05) is 26.7 Å². The predicted octanol–water partition coefficient (Wildman–Crippen LogP) is 2.42. The van der Waals surface area contributed by atoms with E-state index in [9.17, 15) is 0 Å². The number of nitrogens with one attached hydrogen (secondary N) is 1. The molecule has 0 aliphatic carbocycles. The van der Waals surface area contributed by atoms with Crippen LogP contribution in [0.2, 0.25) is 0 Å². The highest BCUT2D eigenvalue weighted by molar-refractivity contribution is 4.67. The van der Waals surface area contributed by atoms with Crippen molar-refractivity contribution in [2.45, 2.75) is 39.5 Å². The molecule has 0 bridgehead atoms. The van der Waals surface area contributed by atoms with Crippen molar-refractivity contribution in [2.24, 2.45) is 11.8 Å². The summed E-state index contributed by atoms with van der Waals surface area (Å²) in [6.07, 6.45) is 5.65. The van der Waals surface area contributed by atoms with Crippen molar-refractivity contribution >= 4 is 0 Å². The molecule has 1 aliphatic heterocycles. The lowest BCUT2D eigenvalue weighted by Gasteiger charge is -2.23. The first kappa shape index (κ1) is 9.05. The highest BCUT2D eigenvalue weighted by Gasteiger charge is 2.13. The zero-order chi connectivity index (χ0) is 8.10. The average Bonchev–Trinajstić information content (AvgIpc) is 1.84. The Balaban J connectivity index is 2.26. The third-order valence-corrected chi connectivity index (χ3v) is 2.81. The Morgan fingerprint density at radius 1 is 1.09 bits per heavy atom. The fourth-order valence-electron chi connectivity index (χ4n) is 1.88. The molecular formula is C10H21N. The first-order valence-corrected chi connectivity index (χ1v) is 5.01.